The monoisotopic (exact) mass is 357 g/mol. The zero-order valence-corrected chi connectivity index (χ0v) is 15.0. The van der Waals surface area contributed by atoms with Crippen molar-refractivity contribution in [2.45, 2.75) is 19.4 Å². The summed E-state index contributed by atoms with van der Waals surface area (Å²) in [4.78, 5) is 17.4. The molecule has 26 heavy (non-hydrogen) atoms. The summed E-state index contributed by atoms with van der Waals surface area (Å²) in [5.74, 6) is -0.251. The van der Waals surface area contributed by atoms with Gasteiger partial charge < -0.3 is 10.2 Å². The molecule has 1 unspecified atom stereocenters. The molecule has 0 bridgehead atoms. The van der Waals surface area contributed by atoms with E-state index in [2.05, 4.69) is 15.3 Å². The summed E-state index contributed by atoms with van der Waals surface area (Å²) in [6.45, 7) is 7.59. The van der Waals surface area contributed by atoms with Gasteiger partial charge in [0.2, 0.25) is 0 Å². The van der Waals surface area contributed by atoms with Gasteiger partial charge in [-0.2, -0.15) is 5.10 Å². The Hall–Kier alpha value is -2.25. The van der Waals surface area contributed by atoms with Gasteiger partial charge in [-0.25, -0.2) is 9.07 Å². The van der Waals surface area contributed by atoms with Crippen LogP contribution in [0.1, 0.15) is 22.5 Å². The highest BCUT2D eigenvalue weighted by Crippen LogP contribution is 2.21. The SMILES string of the molecule is Cc1c(C(=O)N2CCC(N3CCNCC3)C2)cnn1-c1ccc(F)cc1. The summed E-state index contributed by atoms with van der Waals surface area (Å²) in [7, 11) is 0. The highest BCUT2D eigenvalue weighted by molar-refractivity contribution is 5.95. The molecule has 2 aliphatic rings. The molecule has 0 radical (unpaired) electrons. The second-order valence-electron chi connectivity index (χ2n) is 7.01. The first-order chi connectivity index (χ1) is 12.6. The quantitative estimate of drug-likeness (QED) is 0.903. The van der Waals surface area contributed by atoms with Crippen LogP contribution in [0.3, 0.4) is 0 Å². The molecule has 0 aliphatic carbocycles. The van der Waals surface area contributed by atoms with Gasteiger partial charge in [-0.05, 0) is 37.6 Å². The van der Waals surface area contributed by atoms with Gasteiger partial charge in [-0.15, -0.1) is 0 Å². The van der Waals surface area contributed by atoms with Crippen LogP contribution in [0.4, 0.5) is 4.39 Å². The van der Waals surface area contributed by atoms with Crippen molar-refractivity contribution in [1.82, 2.24) is 24.9 Å². The third-order valence-corrected chi connectivity index (χ3v) is 5.43. The van der Waals surface area contributed by atoms with Crippen molar-refractivity contribution < 1.29 is 9.18 Å². The Morgan fingerprint density at radius 3 is 2.65 bits per heavy atom. The van der Waals surface area contributed by atoms with E-state index < -0.39 is 0 Å². The Balaban J connectivity index is 1.48. The number of halogens is 1. The largest absolute Gasteiger partial charge is 0.337 e. The molecule has 138 valence electrons. The second kappa shape index (κ2) is 7.17. The number of aromatic nitrogens is 2. The van der Waals surface area contributed by atoms with Crippen molar-refractivity contribution in [3.05, 3.63) is 47.5 Å². The minimum Gasteiger partial charge on any atom is -0.337 e. The summed E-state index contributed by atoms with van der Waals surface area (Å²) in [5, 5.41) is 7.72. The molecule has 3 heterocycles. The summed E-state index contributed by atoms with van der Waals surface area (Å²) >= 11 is 0. The smallest absolute Gasteiger partial charge is 0.257 e. The lowest BCUT2D eigenvalue weighted by atomic mass is 10.2. The van der Waals surface area contributed by atoms with Gasteiger partial charge >= 0.3 is 0 Å². The van der Waals surface area contributed by atoms with Crippen LogP contribution in [0.15, 0.2) is 30.5 Å². The first kappa shape index (κ1) is 17.2. The lowest BCUT2D eigenvalue weighted by molar-refractivity contribution is 0.0772. The maximum absolute atomic E-state index is 13.1. The molecule has 2 aliphatic heterocycles. The fourth-order valence-corrected chi connectivity index (χ4v) is 3.90. The maximum atomic E-state index is 13.1. The molecule has 1 amide bonds. The highest BCUT2D eigenvalue weighted by Gasteiger charge is 2.32. The van der Waals surface area contributed by atoms with Gasteiger partial charge in [-0.1, -0.05) is 0 Å². The molecule has 2 saturated heterocycles. The first-order valence-electron chi connectivity index (χ1n) is 9.18. The van der Waals surface area contributed by atoms with E-state index in [0.29, 0.717) is 11.6 Å². The van der Waals surface area contributed by atoms with Crippen molar-refractivity contribution in [3.8, 4) is 5.69 Å². The van der Waals surface area contributed by atoms with Crippen LogP contribution in [0.25, 0.3) is 5.69 Å². The van der Waals surface area contributed by atoms with Gasteiger partial charge in [0.15, 0.2) is 0 Å². The lowest BCUT2D eigenvalue weighted by Crippen LogP contribution is -2.49. The molecule has 1 N–H and O–H groups in total. The van der Waals surface area contributed by atoms with E-state index in [4.69, 9.17) is 0 Å². The van der Waals surface area contributed by atoms with E-state index in [1.807, 2.05) is 11.8 Å². The fraction of sp³-hybridized carbons (Fsp3) is 0.474. The van der Waals surface area contributed by atoms with Gasteiger partial charge in [0.1, 0.15) is 5.82 Å². The molecular weight excluding hydrogens is 333 g/mol. The van der Waals surface area contributed by atoms with Crippen LogP contribution >= 0.6 is 0 Å². The van der Waals surface area contributed by atoms with Crippen LogP contribution in [0.5, 0.6) is 0 Å². The third kappa shape index (κ3) is 3.24. The molecule has 4 rings (SSSR count). The predicted octanol–water partition coefficient (Wildman–Crippen LogP) is 1.44. The normalized spacial score (nSPS) is 21.3. The number of nitrogens with one attached hydrogen (secondary N) is 1. The molecule has 2 aromatic rings. The summed E-state index contributed by atoms with van der Waals surface area (Å²) in [5.41, 5.74) is 2.16. The second-order valence-corrected chi connectivity index (χ2v) is 7.01. The Labute approximate surface area is 152 Å². The van der Waals surface area contributed by atoms with Gasteiger partial charge in [0.05, 0.1) is 23.1 Å². The number of benzene rings is 1. The van der Waals surface area contributed by atoms with Crippen LogP contribution in [-0.2, 0) is 0 Å². The van der Waals surface area contributed by atoms with Crippen molar-refractivity contribution in [1.29, 1.82) is 0 Å². The van der Waals surface area contributed by atoms with E-state index in [-0.39, 0.29) is 11.7 Å². The van der Waals surface area contributed by atoms with Crippen LogP contribution in [0.2, 0.25) is 0 Å². The standard InChI is InChI=1S/C19H24FN5O/c1-14-18(12-22-25(14)16-4-2-15(20)3-5-16)19(26)24-9-6-17(13-24)23-10-7-21-8-11-23/h2-5,12,17,21H,6-11,13H2,1H3. The average molecular weight is 357 g/mol. The third-order valence-electron chi connectivity index (χ3n) is 5.43. The zero-order chi connectivity index (χ0) is 18.1. The minimum atomic E-state index is -0.286. The number of rotatable bonds is 3. The number of carbonyl (C=O) groups excluding carboxylic acids is 1. The lowest BCUT2D eigenvalue weighted by Gasteiger charge is -2.32. The number of nitrogens with zero attached hydrogens (tertiary/aromatic N) is 4. The fourth-order valence-electron chi connectivity index (χ4n) is 3.90. The number of hydrogen-bond acceptors (Lipinski definition) is 4. The van der Waals surface area contributed by atoms with Crippen LogP contribution in [0, 0.1) is 12.7 Å². The molecule has 1 atom stereocenters. The number of likely N-dealkylation sites (tertiary alicyclic amines) is 1. The van der Waals surface area contributed by atoms with Gasteiger partial charge in [0, 0.05) is 45.3 Å². The van der Waals surface area contributed by atoms with Crippen LogP contribution in [-0.4, -0.2) is 70.8 Å². The number of carbonyl (C=O) groups is 1. The van der Waals surface area contributed by atoms with Crippen molar-refractivity contribution in [3.63, 3.8) is 0 Å². The zero-order valence-electron chi connectivity index (χ0n) is 15.0. The molecule has 1 aromatic heterocycles. The van der Waals surface area contributed by atoms with Crippen molar-refractivity contribution in [2.75, 3.05) is 39.3 Å². The first-order valence-corrected chi connectivity index (χ1v) is 9.18. The average Bonchev–Trinajstić information content (AvgIpc) is 3.30. The molecule has 1 aromatic carbocycles. The van der Waals surface area contributed by atoms with Gasteiger partial charge in [0.25, 0.3) is 5.91 Å². The molecule has 0 saturated carbocycles. The topological polar surface area (TPSA) is 53.4 Å². The summed E-state index contributed by atoms with van der Waals surface area (Å²) in [6, 6.07) is 6.58. The molecule has 0 spiro atoms. The minimum absolute atomic E-state index is 0.0356. The number of piperazine rings is 1. The van der Waals surface area contributed by atoms with E-state index in [0.717, 1.165) is 57.1 Å². The Kier molecular flexibility index (Phi) is 4.74. The highest BCUT2D eigenvalue weighted by atomic mass is 19.1. The van der Waals surface area contributed by atoms with Gasteiger partial charge in [-0.3, -0.25) is 9.69 Å². The van der Waals surface area contributed by atoms with E-state index in [1.165, 1.54) is 12.1 Å². The van der Waals surface area contributed by atoms with E-state index in [1.54, 1.807) is 23.0 Å². The number of amides is 1. The predicted molar refractivity (Wildman–Crippen MR) is 97.0 cm³/mol. The van der Waals surface area contributed by atoms with E-state index in [9.17, 15) is 9.18 Å². The molecule has 7 heteroatoms. The Bertz CT molecular complexity index is 782. The number of hydrogen-bond donors (Lipinski definition) is 1. The molecular formula is C19H24FN5O. The summed E-state index contributed by atoms with van der Waals surface area (Å²) in [6.07, 6.45) is 2.65. The van der Waals surface area contributed by atoms with Crippen molar-refractivity contribution >= 4 is 5.91 Å². The Morgan fingerprint density at radius 2 is 1.92 bits per heavy atom. The van der Waals surface area contributed by atoms with Crippen molar-refractivity contribution in [2.24, 2.45) is 0 Å². The van der Waals surface area contributed by atoms with E-state index >= 15 is 0 Å². The summed E-state index contributed by atoms with van der Waals surface area (Å²) < 4.78 is 14.8. The molecule has 2 fully saturated rings. The Morgan fingerprint density at radius 1 is 1.19 bits per heavy atom. The maximum Gasteiger partial charge on any atom is 0.257 e. The van der Waals surface area contributed by atoms with Crippen LogP contribution < -0.4 is 5.32 Å². The molecule has 6 nitrogen and oxygen atoms in total.